The summed E-state index contributed by atoms with van der Waals surface area (Å²) in [5, 5.41) is 1.93. The van der Waals surface area contributed by atoms with Gasteiger partial charge in [-0.05, 0) is 40.8 Å². The van der Waals surface area contributed by atoms with Crippen molar-refractivity contribution in [2.45, 2.75) is 26.8 Å². The molecule has 3 rings (SSSR count). The van der Waals surface area contributed by atoms with Crippen molar-refractivity contribution < 1.29 is 9.53 Å². The molecule has 0 spiro atoms. The SMILES string of the molecule is C=N/C=C\SC/C(=C\C1=CC(c2ccccc2)=CC(C(=O)OC)C1)Cn1ccnc1.CC. The van der Waals surface area contributed by atoms with Gasteiger partial charge in [-0.1, -0.05) is 62.4 Å². The number of carbonyl (C=O) groups excluding carboxylic acids is 1. The van der Waals surface area contributed by atoms with Crippen molar-refractivity contribution in [3.8, 4) is 0 Å². The Morgan fingerprint density at radius 1 is 1.34 bits per heavy atom. The van der Waals surface area contributed by atoms with Gasteiger partial charge in [0.1, 0.15) is 0 Å². The lowest BCUT2D eigenvalue weighted by Gasteiger charge is -2.20. The third kappa shape index (κ3) is 7.85. The van der Waals surface area contributed by atoms with Crippen molar-refractivity contribution in [1.29, 1.82) is 0 Å². The lowest BCUT2D eigenvalue weighted by atomic mass is 9.87. The van der Waals surface area contributed by atoms with Crippen molar-refractivity contribution in [2.75, 3.05) is 12.9 Å². The molecule has 2 aromatic rings. The highest BCUT2D eigenvalue weighted by molar-refractivity contribution is 8.02. The molecule has 32 heavy (non-hydrogen) atoms. The number of hydrogen-bond donors (Lipinski definition) is 0. The predicted molar refractivity (Wildman–Crippen MR) is 135 cm³/mol. The number of imidazole rings is 1. The highest BCUT2D eigenvalue weighted by Gasteiger charge is 2.22. The highest BCUT2D eigenvalue weighted by atomic mass is 32.2. The molecule has 168 valence electrons. The Hall–Kier alpha value is -3.12. The summed E-state index contributed by atoms with van der Waals surface area (Å²) in [6, 6.07) is 10.1. The van der Waals surface area contributed by atoms with E-state index in [1.54, 1.807) is 30.5 Å². The zero-order chi connectivity index (χ0) is 23.2. The number of hydrogen-bond acceptors (Lipinski definition) is 5. The molecule has 0 amide bonds. The van der Waals surface area contributed by atoms with Gasteiger partial charge in [0, 0.05) is 30.9 Å². The Morgan fingerprint density at radius 3 is 2.78 bits per heavy atom. The summed E-state index contributed by atoms with van der Waals surface area (Å²) in [4.78, 5) is 20.2. The molecular weight excluding hydrogens is 418 g/mol. The van der Waals surface area contributed by atoms with E-state index in [-0.39, 0.29) is 11.9 Å². The minimum absolute atomic E-state index is 0.215. The van der Waals surface area contributed by atoms with Crippen LogP contribution in [-0.4, -0.2) is 35.1 Å². The van der Waals surface area contributed by atoms with Crippen LogP contribution in [0.1, 0.15) is 25.8 Å². The van der Waals surface area contributed by atoms with Crippen LogP contribution in [0.5, 0.6) is 0 Å². The number of rotatable bonds is 9. The van der Waals surface area contributed by atoms with Crippen molar-refractivity contribution in [1.82, 2.24) is 9.55 Å². The van der Waals surface area contributed by atoms with E-state index >= 15 is 0 Å². The van der Waals surface area contributed by atoms with E-state index in [1.807, 2.05) is 54.3 Å². The molecule has 0 radical (unpaired) electrons. The summed E-state index contributed by atoms with van der Waals surface area (Å²) >= 11 is 1.66. The maximum atomic E-state index is 12.3. The van der Waals surface area contributed by atoms with E-state index in [1.165, 1.54) is 12.7 Å². The minimum atomic E-state index is -0.298. The molecule has 1 aromatic heterocycles. The Morgan fingerprint density at radius 2 is 2.12 bits per heavy atom. The fourth-order valence-electron chi connectivity index (χ4n) is 3.30. The summed E-state index contributed by atoms with van der Waals surface area (Å²) in [7, 11) is 1.44. The van der Waals surface area contributed by atoms with Gasteiger partial charge in [-0.15, -0.1) is 11.8 Å². The zero-order valence-electron chi connectivity index (χ0n) is 19.0. The first-order valence-electron chi connectivity index (χ1n) is 10.6. The fraction of sp³-hybridized carbons (Fsp3) is 0.269. The van der Waals surface area contributed by atoms with Gasteiger partial charge < -0.3 is 9.30 Å². The van der Waals surface area contributed by atoms with E-state index in [2.05, 4.69) is 41.0 Å². The van der Waals surface area contributed by atoms with Crippen molar-refractivity contribution in [3.63, 3.8) is 0 Å². The van der Waals surface area contributed by atoms with Crippen molar-refractivity contribution in [3.05, 3.63) is 95.6 Å². The first kappa shape index (κ1) is 25.1. The number of aromatic nitrogens is 2. The van der Waals surface area contributed by atoms with Gasteiger partial charge >= 0.3 is 5.97 Å². The first-order chi connectivity index (χ1) is 15.7. The van der Waals surface area contributed by atoms with Crippen LogP contribution in [0.2, 0.25) is 0 Å². The Bertz CT molecular complexity index is 974. The van der Waals surface area contributed by atoms with E-state index in [0.717, 1.165) is 29.0 Å². The quantitative estimate of drug-likeness (QED) is 0.351. The molecule has 1 aliphatic carbocycles. The van der Waals surface area contributed by atoms with Crippen LogP contribution in [0.15, 0.2) is 95.0 Å². The molecule has 1 heterocycles. The maximum absolute atomic E-state index is 12.3. The molecule has 0 N–H and O–H groups in total. The van der Waals surface area contributed by atoms with Crippen molar-refractivity contribution in [2.24, 2.45) is 10.9 Å². The van der Waals surface area contributed by atoms with E-state index in [4.69, 9.17) is 4.74 Å². The van der Waals surface area contributed by atoms with E-state index < -0.39 is 0 Å². The molecule has 0 bridgehead atoms. The highest BCUT2D eigenvalue weighted by Crippen LogP contribution is 2.31. The van der Waals surface area contributed by atoms with Gasteiger partial charge in [0.15, 0.2) is 0 Å². The van der Waals surface area contributed by atoms with Crippen LogP contribution in [0.4, 0.5) is 0 Å². The molecule has 0 saturated carbocycles. The number of allylic oxidation sites excluding steroid dienone is 4. The van der Waals surface area contributed by atoms with Crippen LogP contribution in [0, 0.1) is 5.92 Å². The average molecular weight is 450 g/mol. The average Bonchev–Trinajstić information content (AvgIpc) is 3.36. The third-order valence-electron chi connectivity index (χ3n) is 4.65. The smallest absolute Gasteiger partial charge is 0.312 e. The molecular formula is C26H31N3O2S. The van der Waals surface area contributed by atoms with Gasteiger partial charge in [-0.25, -0.2) is 4.98 Å². The van der Waals surface area contributed by atoms with Crippen molar-refractivity contribution >= 4 is 30.0 Å². The van der Waals surface area contributed by atoms with Gasteiger partial charge in [-0.2, -0.15) is 0 Å². The molecule has 1 atom stereocenters. The number of aliphatic imine (C=N–C) groups is 1. The standard InChI is InChI=1S/C24H25N3O2S.C2H6/c1-25-9-11-30-17-20(16-27-10-8-26-18-27)12-19-13-22(21-6-4-3-5-7-21)15-23(14-19)24(28)29-2;1-2/h3-13,15,18,23H,1,14,16-17H2,2H3;1-2H3/b11-9-,20-12-;. The Kier molecular flexibility index (Phi) is 11.0. The number of esters is 1. The molecule has 0 saturated heterocycles. The number of methoxy groups -OCH3 is 1. The Balaban J connectivity index is 0.00000176. The van der Waals surface area contributed by atoms with E-state index in [9.17, 15) is 4.79 Å². The van der Waals surface area contributed by atoms with Crippen LogP contribution in [-0.2, 0) is 16.1 Å². The normalized spacial score (nSPS) is 16.0. The Labute approximate surface area is 195 Å². The summed E-state index contributed by atoms with van der Waals surface area (Å²) in [5.74, 6) is 0.288. The molecule has 5 nitrogen and oxygen atoms in total. The van der Waals surface area contributed by atoms with Gasteiger partial charge in [0.05, 0.1) is 19.4 Å². The number of thioether (sulfide) groups is 1. The predicted octanol–water partition coefficient (Wildman–Crippen LogP) is 5.94. The number of nitrogens with zero attached hydrogens (tertiary/aromatic N) is 3. The monoisotopic (exact) mass is 449 g/mol. The van der Waals surface area contributed by atoms with Crippen LogP contribution >= 0.6 is 11.8 Å². The lowest BCUT2D eigenvalue weighted by molar-refractivity contribution is -0.143. The second kappa shape index (κ2) is 14.0. The summed E-state index contributed by atoms with van der Waals surface area (Å²) in [6.45, 7) is 8.19. The largest absolute Gasteiger partial charge is 0.469 e. The number of benzene rings is 1. The third-order valence-corrected chi connectivity index (χ3v) is 5.51. The van der Waals surface area contributed by atoms with Gasteiger partial charge in [0.2, 0.25) is 0 Å². The summed E-state index contributed by atoms with van der Waals surface area (Å²) in [5.41, 5.74) is 4.44. The van der Waals surface area contributed by atoms with Crippen LogP contribution in [0.25, 0.3) is 5.57 Å². The van der Waals surface area contributed by atoms with E-state index in [0.29, 0.717) is 6.42 Å². The number of ether oxygens (including phenoxy) is 1. The molecule has 0 aliphatic heterocycles. The second-order valence-corrected chi connectivity index (χ2v) is 7.75. The van der Waals surface area contributed by atoms with Crippen LogP contribution in [0.3, 0.4) is 0 Å². The van der Waals surface area contributed by atoms with Gasteiger partial charge in [-0.3, -0.25) is 9.79 Å². The van der Waals surface area contributed by atoms with Gasteiger partial charge in [0.25, 0.3) is 0 Å². The lowest BCUT2D eigenvalue weighted by Crippen LogP contribution is -2.17. The summed E-state index contributed by atoms with van der Waals surface area (Å²) < 4.78 is 7.07. The maximum Gasteiger partial charge on any atom is 0.312 e. The second-order valence-electron chi connectivity index (χ2n) is 6.86. The number of carbonyl (C=O) groups is 1. The molecule has 1 unspecified atom stereocenters. The zero-order valence-corrected chi connectivity index (χ0v) is 19.8. The summed E-state index contributed by atoms with van der Waals surface area (Å²) in [6.07, 6.45) is 14.2. The first-order valence-corrected chi connectivity index (χ1v) is 11.7. The molecule has 6 heteroatoms. The molecule has 1 aromatic carbocycles. The molecule has 1 aliphatic rings. The fourth-order valence-corrected chi connectivity index (χ4v) is 3.96. The van der Waals surface area contributed by atoms with Crippen LogP contribution < -0.4 is 0 Å². The topological polar surface area (TPSA) is 56.5 Å². The molecule has 0 fully saturated rings. The minimum Gasteiger partial charge on any atom is -0.469 e.